The van der Waals surface area contributed by atoms with Crippen molar-refractivity contribution in [1.29, 1.82) is 0 Å². The molecular formula is C18H19ClN2O2. The van der Waals surface area contributed by atoms with E-state index in [1.54, 1.807) is 14.2 Å². The molecule has 23 heavy (non-hydrogen) atoms. The van der Waals surface area contributed by atoms with E-state index >= 15 is 0 Å². The minimum absolute atomic E-state index is 0. The second-order valence-corrected chi connectivity index (χ2v) is 4.99. The van der Waals surface area contributed by atoms with E-state index in [1.165, 1.54) is 0 Å². The number of hydrogen-bond acceptors (Lipinski definition) is 3. The maximum Gasteiger partial charge on any atom is 0.142 e. The van der Waals surface area contributed by atoms with Gasteiger partial charge in [-0.05, 0) is 19.1 Å². The fourth-order valence-electron chi connectivity index (χ4n) is 2.46. The Hall–Kier alpha value is -2.46. The molecule has 0 unspecified atom stereocenters. The fourth-order valence-corrected chi connectivity index (χ4v) is 2.46. The van der Waals surface area contributed by atoms with Gasteiger partial charge in [0, 0.05) is 17.3 Å². The van der Waals surface area contributed by atoms with Gasteiger partial charge in [-0.25, -0.2) is 4.98 Å². The van der Waals surface area contributed by atoms with Crippen molar-refractivity contribution in [3.05, 3.63) is 54.2 Å². The summed E-state index contributed by atoms with van der Waals surface area (Å²) in [6, 6.07) is 15.8. The van der Waals surface area contributed by atoms with Crippen LogP contribution in [0, 0.1) is 6.92 Å². The largest absolute Gasteiger partial charge is 0.497 e. The molecule has 0 saturated heterocycles. The van der Waals surface area contributed by atoms with Crippen LogP contribution >= 0.6 is 12.4 Å². The number of aryl methyl sites for hydroxylation is 1. The number of aromatic nitrogens is 2. The summed E-state index contributed by atoms with van der Waals surface area (Å²) in [5.41, 5.74) is 3.98. The zero-order valence-corrected chi connectivity index (χ0v) is 14.1. The summed E-state index contributed by atoms with van der Waals surface area (Å²) in [6.07, 6.45) is 0. The summed E-state index contributed by atoms with van der Waals surface area (Å²) in [5, 5.41) is 0. The van der Waals surface area contributed by atoms with Gasteiger partial charge in [-0.3, -0.25) is 0 Å². The molecule has 5 heteroatoms. The maximum atomic E-state index is 5.46. The Bertz CT molecular complexity index is 785. The molecule has 1 N–H and O–H groups in total. The van der Waals surface area contributed by atoms with Crippen molar-refractivity contribution in [1.82, 2.24) is 9.97 Å². The van der Waals surface area contributed by atoms with Gasteiger partial charge in [0.1, 0.15) is 17.3 Å². The first-order valence-corrected chi connectivity index (χ1v) is 7.07. The van der Waals surface area contributed by atoms with E-state index in [4.69, 9.17) is 14.5 Å². The predicted octanol–water partition coefficient (Wildman–Crippen LogP) is 4.49. The summed E-state index contributed by atoms with van der Waals surface area (Å²) in [4.78, 5) is 8.08. The molecule has 0 spiro atoms. The molecule has 0 amide bonds. The van der Waals surface area contributed by atoms with Gasteiger partial charge in [0.05, 0.1) is 25.5 Å². The number of H-pyrrole nitrogens is 1. The highest BCUT2D eigenvalue weighted by atomic mass is 35.5. The molecular weight excluding hydrogens is 312 g/mol. The Labute approximate surface area is 141 Å². The third-order valence-electron chi connectivity index (χ3n) is 3.60. The Kier molecular flexibility index (Phi) is 5.29. The lowest BCUT2D eigenvalue weighted by Gasteiger charge is -2.08. The molecule has 1 aromatic heterocycles. The number of nitrogens with zero attached hydrogens (tertiary/aromatic N) is 1. The van der Waals surface area contributed by atoms with Gasteiger partial charge in [0.15, 0.2) is 0 Å². The number of imidazole rings is 1. The average molecular weight is 331 g/mol. The summed E-state index contributed by atoms with van der Waals surface area (Å²) in [6.45, 7) is 2.02. The van der Waals surface area contributed by atoms with Crippen LogP contribution in [0.2, 0.25) is 0 Å². The zero-order valence-electron chi connectivity index (χ0n) is 13.3. The highest BCUT2D eigenvalue weighted by Gasteiger charge is 2.14. The maximum absolute atomic E-state index is 5.46. The van der Waals surface area contributed by atoms with Crippen molar-refractivity contribution in [2.24, 2.45) is 0 Å². The molecule has 2 aromatic carbocycles. The van der Waals surface area contributed by atoms with Crippen molar-refractivity contribution in [2.75, 3.05) is 14.2 Å². The summed E-state index contributed by atoms with van der Waals surface area (Å²) in [7, 11) is 3.28. The van der Waals surface area contributed by atoms with Crippen LogP contribution in [0.4, 0.5) is 0 Å². The van der Waals surface area contributed by atoms with E-state index in [0.717, 1.165) is 39.8 Å². The topological polar surface area (TPSA) is 47.1 Å². The lowest BCUT2D eigenvalue weighted by Crippen LogP contribution is -1.91. The van der Waals surface area contributed by atoms with Gasteiger partial charge in [-0.2, -0.15) is 0 Å². The van der Waals surface area contributed by atoms with E-state index in [1.807, 2.05) is 43.3 Å². The molecule has 4 nitrogen and oxygen atoms in total. The van der Waals surface area contributed by atoms with Crippen molar-refractivity contribution in [3.8, 4) is 34.1 Å². The van der Waals surface area contributed by atoms with Crippen molar-refractivity contribution >= 4 is 12.4 Å². The van der Waals surface area contributed by atoms with Crippen LogP contribution in [0.15, 0.2) is 48.5 Å². The van der Waals surface area contributed by atoms with Crippen LogP contribution in [0.1, 0.15) is 5.69 Å². The van der Waals surface area contributed by atoms with E-state index in [-0.39, 0.29) is 12.4 Å². The van der Waals surface area contributed by atoms with Crippen molar-refractivity contribution in [3.63, 3.8) is 0 Å². The summed E-state index contributed by atoms with van der Waals surface area (Å²) < 4.78 is 10.7. The van der Waals surface area contributed by atoms with Crippen LogP contribution < -0.4 is 9.47 Å². The molecule has 0 radical (unpaired) electrons. The molecule has 3 aromatic rings. The normalized spacial score (nSPS) is 10.0. The Morgan fingerprint density at radius 3 is 2.35 bits per heavy atom. The molecule has 0 saturated carbocycles. The molecule has 1 heterocycles. The molecule has 3 rings (SSSR count). The Morgan fingerprint density at radius 2 is 1.70 bits per heavy atom. The zero-order chi connectivity index (χ0) is 15.5. The quantitative estimate of drug-likeness (QED) is 0.766. The number of rotatable bonds is 4. The molecule has 0 aliphatic carbocycles. The second-order valence-electron chi connectivity index (χ2n) is 4.99. The van der Waals surface area contributed by atoms with Crippen LogP contribution in [0.3, 0.4) is 0 Å². The van der Waals surface area contributed by atoms with E-state index in [9.17, 15) is 0 Å². The first-order valence-electron chi connectivity index (χ1n) is 7.07. The van der Waals surface area contributed by atoms with Gasteiger partial charge < -0.3 is 14.5 Å². The van der Waals surface area contributed by atoms with Gasteiger partial charge in [0.2, 0.25) is 0 Å². The molecule has 0 aliphatic heterocycles. The van der Waals surface area contributed by atoms with Crippen LogP contribution in [-0.4, -0.2) is 24.2 Å². The molecule has 0 fully saturated rings. The third-order valence-corrected chi connectivity index (χ3v) is 3.60. The summed E-state index contributed by atoms with van der Waals surface area (Å²) >= 11 is 0. The number of nitrogens with one attached hydrogen (secondary N) is 1. The minimum atomic E-state index is 0. The van der Waals surface area contributed by atoms with E-state index in [2.05, 4.69) is 17.1 Å². The highest BCUT2D eigenvalue weighted by molar-refractivity contribution is 5.85. The second kappa shape index (κ2) is 7.20. The standard InChI is InChI=1S/C18H18N2O2.ClH/c1-12-17(13-7-5-4-6-8-13)20-18(19-12)15-10-9-14(21-2)11-16(15)22-3;/h4-11H,1-3H3,(H,19,20);1H. The third kappa shape index (κ3) is 3.32. The first kappa shape index (κ1) is 16.9. The molecule has 120 valence electrons. The predicted molar refractivity (Wildman–Crippen MR) is 94.5 cm³/mol. The smallest absolute Gasteiger partial charge is 0.142 e. The number of benzene rings is 2. The number of methoxy groups -OCH3 is 2. The number of hydrogen-bond donors (Lipinski definition) is 1. The highest BCUT2D eigenvalue weighted by Crippen LogP contribution is 2.33. The number of ether oxygens (including phenoxy) is 2. The van der Waals surface area contributed by atoms with E-state index in [0.29, 0.717) is 0 Å². The van der Waals surface area contributed by atoms with Crippen LogP contribution in [0.5, 0.6) is 11.5 Å². The Morgan fingerprint density at radius 1 is 0.957 bits per heavy atom. The molecule has 0 bridgehead atoms. The van der Waals surface area contributed by atoms with Gasteiger partial charge in [-0.1, -0.05) is 30.3 Å². The minimum Gasteiger partial charge on any atom is -0.497 e. The fraction of sp³-hybridized carbons (Fsp3) is 0.167. The van der Waals surface area contributed by atoms with Gasteiger partial charge in [-0.15, -0.1) is 12.4 Å². The average Bonchev–Trinajstić information content (AvgIpc) is 2.96. The summed E-state index contributed by atoms with van der Waals surface area (Å²) in [5.74, 6) is 2.27. The Balaban J connectivity index is 0.00000192. The van der Waals surface area contributed by atoms with Gasteiger partial charge in [0.25, 0.3) is 0 Å². The van der Waals surface area contributed by atoms with Crippen molar-refractivity contribution < 1.29 is 9.47 Å². The van der Waals surface area contributed by atoms with Crippen molar-refractivity contribution in [2.45, 2.75) is 6.92 Å². The monoisotopic (exact) mass is 330 g/mol. The lowest BCUT2D eigenvalue weighted by molar-refractivity contribution is 0.395. The molecule has 0 atom stereocenters. The first-order chi connectivity index (χ1) is 10.7. The number of aromatic amines is 1. The lowest BCUT2D eigenvalue weighted by atomic mass is 10.1. The number of halogens is 1. The van der Waals surface area contributed by atoms with Crippen LogP contribution in [0.25, 0.3) is 22.6 Å². The van der Waals surface area contributed by atoms with Crippen LogP contribution in [-0.2, 0) is 0 Å². The molecule has 0 aliphatic rings. The van der Waals surface area contributed by atoms with Gasteiger partial charge >= 0.3 is 0 Å². The van der Waals surface area contributed by atoms with E-state index < -0.39 is 0 Å². The SMILES string of the molecule is COc1ccc(-c2nc(-c3ccccc3)c(C)[nH]2)c(OC)c1.Cl.